The fraction of sp³-hybridized carbons (Fsp3) is 0.182. The molecular weight excluding hydrogens is 233 g/mol. The Kier molecular flexibility index (Phi) is 4.66. The molecule has 0 aliphatic rings. The number of rotatable bonds is 3. The van der Waals surface area contributed by atoms with Crippen LogP contribution >= 0.6 is 23.2 Å². The van der Waals surface area contributed by atoms with E-state index in [2.05, 4.69) is 5.32 Å². The topological polar surface area (TPSA) is 29.1 Å². The summed E-state index contributed by atoms with van der Waals surface area (Å²) in [5.74, 6) is -0.145. The molecule has 1 N–H and O–H groups in total. The number of hydrogen-bond acceptors (Lipinski definition) is 1. The predicted molar refractivity (Wildman–Crippen MR) is 64.2 cm³/mol. The van der Waals surface area contributed by atoms with Crippen molar-refractivity contribution in [1.29, 1.82) is 0 Å². The maximum absolute atomic E-state index is 11.1. The van der Waals surface area contributed by atoms with E-state index in [1.54, 1.807) is 24.3 Å². The van der Waals surface area contributed by atoms with Crippen molar-refractivity contribution in [1.82, 2.24) is 5.32 Å². The number of hydrogen-bond donors (Lipinski definition) is 1. The zero-order valence-corrected chi connectivity index (χ0v) is 9.77. The molecule has 0 saturated heterocycles. The molecule has 0 aliphatic heterocycles. The maximum Gasteiger partial charge on any atom is 0.243 e. The van der Waals surface area contributed by atoms with E-state index in [4.69, 9.17) is 23.2 Å². The van der Waals surface area contributed by atoms with Crippen molar-refractivity contribution in [2.24, 2.45) is 0 Å². The summed E-state index contributed by atoms with van der Waals surface area (Å²) in [6, 6.07) is 5.28. The first-order valence-electron chi connectivity index (χ1n) is 4.55. The van der Waals surface area contributed by atoms with Crippen LogP contribution in [0, 0.1) is 0 Å². The maximum atomic E-state index is 11.1. The lowest BCUT2D eigenvalue weighted by Crippen LogP contribution is -2.19. The molecule has 1 aromatic carbocycles. The van der Waals surface area contributed by atoms with Crippen molar-refractivity contribution in [3.05, 3.63) is 39.9 Å². The molecule has 1 aromatic rings. The van der Waals surface area contributed by atoms with Crippen molar-refractivity contribution in [3.8, 4) is 0 Å². The molecule has 0 heterocycles. The molecule has 0 aromatic heterocycles. The molecule has 0 fully saturated rings. The molecule has 0 aliphatic carbocycles. The van der Waals surface area contributed by atoms with Crippen molar-refractivity contribution in [2.75, 3.05) is 6.54 Å². The Bertz CT molecular complexity index is 388. The van der Waals surface area contributed by atoms with E-state index in [1.807, 2.05) is 6.92 Å². The van der Waals surface area contributed by atoms with Crippen LogP contribution in [0.3, 0.4) is 0 Å². The molecule has 2 nitrogen and oxygen atoms in total. The van der Waals surface area contributed by atoms with Gasteiger partial charge in [0.2, 0.25) is 5.91 Å². The molecule has 15 heavy (non-hydrogen) atoms. The minimum Gasteiger partial charge on any atom is -0.353 e. The first-order chi connectivity index (χ1) is 7.15. The zero-order chi connectivity index (χ0) is 11.3. The van der Waals surface area contributed by atoms with Crippen molar-refractivity contribution < 1.29 is 4.79 Å². The van der Waals surface area contributed by atoms with Crippen molar-refractivity contribution in [3.63, 3.8) is 0 Å². The second kappa shape index (κ2) is 5.79. The molecule has 0 unspecified atom stereocenters. The molecule has 0 bridgehead atoms. The lowest BCUT2D eigenvalue weighted by molar-refractivity contribution is -0.116. The highest BCUT2D eigenvalue weighted by Crippen LogP contribution is 2.26. The van der Waals surface area contributed by atoms with Crippen molar-refractivity contribution in [2.45, 2.75) is 6.92 Å². The van der Waals surface area contributed by atoms with Crippen LogP contribution in [0.1, 0.15) is 12.5 Å². The molecule has 0 spiro atoms. The normalized spacial score (nSPS) is 10.6. The summed E-state index contributed by atoms with van der Waals surface area (Å²) in [7, 11) is 0. The Morgan fingerprint density at radius 3 is 2.87 bits per heavy atom. The van der Waals surface area contributed by atoms with Gasteiger partial charge in [-0.05, 0) is 24.6 Å². The van der Waals surface area contributed by atoms with Gasteiger partial charge in [-0.25, -0.2) is 0 Å². The highest BCUT2D eigenvalue weighted by atomic mass is 35.5. The third kappa shape index (κ3) is 3.57. The van der Waals surface area contributed by atoms with Gasteiger partial charge in [-0.15, -0.1) is 0 Å². The molecule has 80 valence electrons. The number of carbonyl (C=O) groups excluding carboxylic acids is 1. The summed E-state index contributed by atoms with van der Waals surface area (Å²) < 4.78 is 0. The summed E-state index contributed by atoms with van der Waals surface area (Å²) in [6.07, 6.45) is 3.07. The fourth-order valence-electron chi connectivity index (χ4n) is 1.05. The van der Waals surface area contributed by atoms with Crippen LogP contribution in [0.2, 0.25) is 10.0 Å². The van der Waals surface area contributed by atoms with E-state index < -0.39 is 0 Å². The lowest BCUT2D eigenvalue weighted by Gasteiger charge is -2.00. The van der Waals surface area contributed by atoms with E-state index >= 15 is 0 Å². The van der Waals surface area contributed by atoms with E-state index in [0.717, 1.165) is 5.56 Å². The summed E-state index contributed by atoms with van der Waals surface area (Å²) >= 11 is 11.8. The highest BCUT2D eigenvalue weighted by molar-refractivity contribution is 6.42. The number of amides is 1. The Hall–Kier alpha value is -0.990. The van der Waals surface area contributed by atoms with Gasteiger partial charge in [0.1, 0.15) is 0 Å². The first kappa shape index (κ1) is 12.1. The monoisotopic (exact) mass is 243 g/mol. The third-order valence-corrected chi connectivity index (χ3v) is 2.58. The average molecular weight is 244 g/mol. The lowest BCUT2D eigenvalue weighted by atomic mass is 10.2. The number of nitrogens with one attached hydrogen (secondary N) is 1. The smallest absolute Gasteiger partial charge is 0.243 e. The van der Waals surface area contributed by atoms with E-state index in [9.17, 15) is 4.79 Å². The minimum absolute atomic E-state index is 0.145. The van der Waals surface area contributed by atoms with Crippen LogP contribution in [-0.4, -0.2) is 12.5 Å². The van der Waals surface area contributed by atoms with Crippen LogP contribution in [0.5, 0.6) is 0 Å². The van der Waals surface area contributed by atoms with Gasteiger partial charge < -0.3 is 5.32 Å². The first-order valence-corrected chi connectivity index (χ1v) is 5.30. The molecule has 0 atom stereocenters. The molecule has 0 saturated carbocycles. The molecule has 1 rings (SSSR count). The number of carbonyl (C=O) groups is 1. The molecular formula is C11H11Cl2NO. The minimum atomic E-state index is -0.145. The molecule has 0 radical (unpaired) electrons. The molecule has 1 amide bonds. The Balaban J connectivity index is 2.81. The molecule has 4 heteroatoms. The van der Waals surface area contributed by atoms with Gasteiger partial charge in [0.05, 0.1) is 10.0 Å². The van der Waals surface area contributed by atoms with Crippen LogP contribution in [0.4, 0.5) is 0 Å². The third-order valence-electron chi connectivity index (χ3n) is 1.75. The largest absolute Gasteiger partial charge is 0.353 e. The van der Waals surface area contributed by atoms with Crippen LogP contribution in [0.25, 0.3) is 6.08 Å². The number of benzene rings is 1. The van der Waals surface area contributed by atoms with E-state index in [-0.39, 0.29) is 5.91 Å². The Morgan fingerprint density at radius 1 is 1.47 bits per heavy atom. The second-order valence-electron chi connectivity index (χ2n) is 2.87. The van der Waals surface area contributed by atoms with Gasteiger partial charge >= 0.3 is 0 Å². The average Bonchev–Trinajstić information content (AvgIpc) is 2.21. The fourth-order valence-corrected chi connectivity index (χ4v) is 1.42. The summed E-state index contributed by atoms with van der Waals surface area (Å²) in [6.45, 7) is 2.46. The van der Waals surface area contributed by atoms with Crippen molar-refractivity contribution >= 4 is 35.2 Å². The van der Waals surface area contributed by atoms with Gasteiger partial charge in [-0.1, -0.05) is 35.3 Å². The summed E-state index contributed by atoms with van der Waals surface area (Å²) in [4.78, 5) is 11.1. The summed E-state index contributed by atoms with van der Waals surface area (Å²) in [5, 5.41) is 3.59. The Morgan fingerprint density at radius 2 is 2.20 bits per heavy atom. The second-order valence-corrected chi connectivity index (χ2v) is 3.66. The zero-order valence-electron chi connectivity index (χ0n) is 8.26. The van der Waals surface area contributed by atoms with Crippen LogP contribution in [-0.2, 0) is 4.79 Å². The quantitative estimate of drug-likeness (QED) is 0.813. The van der Waals surface area contributed by atoms with Gasteiger partial charge in [0.25, 0.3) is 0 Å². The van der Waals surface area contributed by atoms with E-state index in [1.165, 1.54) is 6.08 Å². The van der Waals surface area contributed by atoms with E-state index in [0.29, 0.717) is 16.6 Å². The van der Waals surface area contributed by atoms with Gasteiger partial charge in [0, 0.05) is 12.6 Å². The summed E-state index contributed by atoms with van der Waals surface area (Å²) in [5.41, 5.74) is 0.732. The highest BCUT2D eigenvalue weighted by Gasteiger charge is 2.01. The van der Waals surface area contributed by atoms with Crippen LogP contribution < -0.4 is 5.32 Å². The standard InChI is InChI=1S/C11H11Cl2NO/c1-2-14-10(15)7-6-8-4-3-5-9(12)11(8)13/h3-7H,2H2,1H3,(H,14,15)/b7-6+. The predicted octanol–water partition coefficient (Wildman–Crippen LogP) is 3.14. The number of halogens is 2. The van der Waals surface area contributed by atoms with Gasteiger partial charge in [-0.3, -0.25) is 4.79 Å². The Labute approximate surface area is 98.9 Å². The van der Waals surface area contributed by atoms with Gasteiger partial charge in [0.15, 0.2) is 0 Å². The van der Waals surface area contributed by atoms with Crippen LogP contribution in [0.15, 0.2) is 24.3 Å². The SMILES string of the molecule is CCNC(=O)/C=C/c1cccc(Cl)c1Cl. The van der Waals surface area contributed by atoms with Gasteiger partial charge in [-0.2, -0.15) is 0 Å². The number of likely N-dealkylation sites (N-methyl/N-ethyl adjacent to an activating group) is 1.